The highest BCUT2D eigenvalue weighted by Crippen LogP contribution is 2.39. The van der Waals surface area contributed by atoms with E-state index in [9.17, 15) is 30.0 Å². The first-order valence-corrected chi connectivity index (χ1v) is 17.8. The van der Waals surface area contributed by atoms with Crippen molar-refractivity contribution >= 4 is 58.0 Å². The van der Waals surface area contributed by atoms with E-state index in [2.05, 4.69) is 10.6 Å². The second kappa shape index (κ2) is 13.0. The molecule has 0 radical (unpaired) electrons. The van der Waals surface area contributed by atoms with Gasteiger partial charge in [0.05, 0.1) is 0 Å². The van der Waals surface area contributed by atoms with Gasteiger partial charge in [0.2, 0.25) is 11.8 Å². The molecule has 44 heavy (non-hydrogen) atoms. The zero-order valence-electron chi connectivity index (χ0n) is 23.5. The number of aliphatic hydroxyl groups is 4. The van der Waals surface area contributed by atoms with E-state index in [0.29, 0.717) is 33.8 Å². The molecule has 2 aromatic carbocycles. The summed E-state index contributed by atoms with van der Waals surface area (Å²) in [6.45, 7) is 0. The Bertz CT molecular complexity index is 1500. The maximum absolute atomic E-state index is 13.9. The van der Waals surface area contributed by atoms with Gasteiger partial charge in [-0.15, -0.1) is 23.5 Å². The summed E-state index contributed by atoms with van der Waals surface area (Å²) in [4.78, 5) is 29.1. The molecular formula is C32H32N2O6S4. The van der Waals surface area contributed by atoms with Crippen LogP contribution in [0.15, 0.2) is 92.0 Å². The fraction of sp³-hybridized carbons (Fsp3) is 0.312. The van der Waals surface area contributed by atoms with Crippen LogP contribution in [0.3, 0.4) is 0 Å². The second-order valence-electron chi connectivity index (χ2n) is 11.0. The first-order chi connectivity index (χ1) is 21.2. The minimum atomic E-state index is -1.72. The predicted molar refractivity (Wildman–Crippen MR) is 174 cm³/mol. The summed E-state index contributed by atoms with van der Waals surface area (Å²) in [7, 11) is 0. The average Bonchev–Trinajstić information content (AvgIpc) is 3.83. The minimum absolute atomic E-state index is 0.270. The first-order valence-electron chi connectivity index (χ1n) is 14.2. The average molecular weight is 669 g/mol. The van der Waals surface area contributed by atoms with Crippen molar-refractivity contribution in [1.82, 2.24) is 10.6 Å². The number of carbonyl (C=O) groups excluding carboxylic acids is 2. The molecule has 4 aromatic rings. The highest BCUT2D eigenvalue weighted by Gasteiger charge is 2.46. The van der Waals surface area contributed by atoms with Crippen molar-refractivity contribution in [3.05, 3.63) is 104 Å². The van der Waals surface area contributed by atoms with Crippen molar-refractivity contribution in [3.8, 4) is 0 Å². The van der Waals surface area contributed by atoms with Crippen molar-refractivity contribution in [3.63, 3.8) is 0 Å². The third-order valence-corrected chi connectivity index (χ3v) is 12.3. The fourth-order valence-electron chi connectivity index (χ4n) is 5.84. The van der Waals surface area contributed by atoms with E-state index in [-0.39, 0.29) is 12.8 Å². The van der Waals surface area contributed by atoms with Gasteiger partial charge in [-0.05, 0) is 46.9 Å². The minimum Gasteiger partial charge on any atom is -0.389 e. The summed E-state index contributed by atoms with van der Waals surface area (Å²) in [5, 5.41) is 56.5. The summed E-state index contributed by atoms with van der Waals surface area (Å²) in [6.07, 6.45) is -1.74. The molecule has 2 aliphatic carbocycles. The highest BCUT2D eigenvalue weighted by atomic mass is 32.2. The number of fused-ring (bicyclic) bond motifs is 2. The van der Waals surface area contributed by atoms with Crippen LogP contribution in [0.2, 0.25) is 0 Å². The number of carbonyl (C=O) groups is 2. The Morgan fingerprint density at radius 2 is 1.09 bits per heavy atom. The second-order valence-corrected chi connectivity index (χ2v) is 15.0. The molecule has 2 amide bonds. The van der Waals surface area contributed by atoms with Crippen LogP contribution in [-0.4, -0.2) is 54.9 Å². The number of benzene rings is 2. The molecule has 6 atom stereocenters. The number of thiophene rings is 2. The van der Waals surface area contributed by atoms with Crippen LogP contribution in [0, 0.1) is 0 Å². The number of hydrogen-bond acceptors (Lipinski definition) is 10. The summed E-state index contributed by atoms with van der Waals surface area (Å²) < 4.78 is 0. The quantitative estimate of drug-likeness (QED) is 0.104. The van der Waals surface area contributed by atoms with E-state index >= 15 is 0 Å². The molecule has 0 spiro atoms. The monoisotopic (exact) mass is 668 g/mol. The number of thioether (sulfide) groups is 2. The molecule has 12 heteroatoms. The number of hydrogen-bond donors (Lipinski definition) is 6. The Morgan fingerprint density at radius 1 is 0.682 bits per heavy atom. The van der Waals surface area contributed by atoms with Crippen molar-refractivity contribution in [2.75, 3.05) is 0 Å². The van der Waals surface area contributed by atoms with Crippen LogP contribution in [0.1, 0.15) is 35.1 Å². The molecule has 6 rings (SSSR count). The van der Waals surface area contributed by atoms with Gasteiger partial charge in [0, 0.05) is 44.5 Å². The third-order valence-electron chi connectivity index (χ3n) is 8.10. The molecule has 0 aliphatic heterocycles. The van der Waals surface area contributed by atoms with Gasteiger partial charge in [0.25, 0.3) is 0 Å². The standard InChI is InChI=1S/C32H32N2O6S4/c35-25(27(43-21-11-15-41-17-21)29(37)33-31(39)13-9-19-5-1-3-7-23(19)31)26(36)28(44-22-12-16-42-18-22)30(38)34-32(40)14-10-20-6-2-4-8-24(20)32/h1-8,11-12,15-18,25-28,35-36,39-40H,9-10,13-14H2,(H,33,37)(H,34,38). The number of aliphatic hydroxyl groups excluding tert-OH is 2. The van der Waals surface area contributed by atoms with Gasteiger partial charge in [-0.2, -0.15) is 22.7 Å². The van der Waals surface area contributed by atoms with Gasteiger partial charge < -0.3 is 31.1 Å². The normalized spacial score (nSPS) is 23.3. The topological polar surface area (TPSA) is 139 Å². The van der Waals surface area contributed by atoms with Crippen LogP contribution in [0.25, 0.3) is 0 Å². The van der Waals surface area contributed by atoms with Crippen molar-refractivity contribution in [2.24, 2.45) is 0 Å². The number of rotatable bonds is 11. The molecule has 6 N–H and O–H groups in total. The smallest absolute Gasteiger partial charge is 0.238 e. The Balaban J connectivity index is 1.27. The Hall–Kier alpha value is -2.68. The van der Waals surface area contributed by atoms with Crippen molar-refractivity contribution in [2.45, 2.75) is 69.6 Å². The van der Waals surface area contributed by atoms with E-state index in [4.69, 9.17) is 0 Å². The van der Waals surface area contributed by atoms with Gasteiger partial charge in [-0.3, -0.25) is 9.59 Å². The maximum atomic E-state index is 13.9. The zero-order chi connectivity index (χ0) is 30.9. The van der Waals surface area contributed by atoms with Gasteiger partial charge in [0.15, 0.2) is 11.4 Å². The number of nitrogens with one attached hydrogen (secondary N) is 2. The third kappa shape index (κ3) is 6.35. The molecule has 2 aromatic heterocycles. The van der Waals surface area contributed by atoms with E-state index in [1.54, 1.807) is 36.4 Å². The van der Waals surface area contributed by atoms with Crippen LogP contribution in [-0.2, 0) is 33.9 Å². The van der Waals surface area contributed by atoms with Crippen LogP contribution in [0.5, 0.6) is 0 Å². The predicted octanol–water partition coefficient (Wildman–Crippen LogP) is 3.97. The molecule has 6 unspecified atom stereocenters. The molecule has 230 valence electrons. The largest absolute Gasteiger partial charge is 0.389 e. The summed E-state index contributed by atoms with van der Waals surface area (Å²) >= 11 is 4.95. The van der Waals surface area contributed by atoms with Gasteiger partial charge in [-0.25, -0.2) is 0 Å². The Labute approximate surface area is 271 Å². The van der Waals surface area contributed by atoms with E-state index in [0.717, 1.165) is 34.7 Å². The lowest BCUT2D eigenvalue weighted by Gasteiger charge is -2.34. The highest BCUT2D eigenvalue weighted by molar-refractivity contribution is 8.01. The van der Waals surface area contributed by atoms with Gasteiger partial charge >= 0.3 is 0 Å². The Kier molecular flexibility index (Phi) is 9.23. The molecule has 0 saturated heterocycles. The molecular weight excluding hydrogens is 637 g/mol. The molecule has 0 fully saturated rings. The van der Waals surface area contributed by atoms with Crippen LogP contribution < -0.4 is 10.6 Å². The molecule has 0 bridgehead atoms. The summed E-state index contributed by atoms with van der Waals surface area (Å²) in [5.74, 6) is -1.34. The lowest BCUT2D eigenvalue weighted by Crippen LogP contribution is -2.57. The molecule has 8 nitrogen and oxygen atoms in total. The maximum Gasteiger partial charge on any atom is 0.238 e. The number of amides is 2. The van der Waals surface area contributed by atoms with E-state index in [1.807, 2.05) is 45.8 Å². The van der Waals surface area contributed by atoms with Crippen molar-refractivity contribution in [1.29, 1.82) is 0 Å². The van der Waals surface area contributed by atoms with E-state index < -0.39 is 46.0 Å². The van der Waals surface area contributed by atoms with Crippen LogP contribution in [0.4, 0.5) is 0 Å². The molecule has 2 heterocycles. The Morgan fingerprint density at radius 3 is 1.48 bits per heavy atom. The van der Waals surface area contributed by atoms with Crippen LogP contribution >= 0.6 is 46.2 Å². The summed E-state index contributed by atoms with van der Waals surface area (Å²) in [6, 6.07) is 18.2. The zero-order valence-corrected chi connectivity index (χ0v) is 26.7. The summed E-state index contributed by atoms with van der Waals surface area (Å²) in [5.41, 5.74) is -0.224. The molecule has 0 saturated carbocycles. The SMILES string of the molecule is O=C(NC1(O)CCc2ccccc21)C(Sc1ccsc1)C(O)C(O)C(Sc1ccsc1)C(=O)NC1(O)CCc2ccccc21. The lowest BCUT2D eigenvalue weighted by atomic mass is 10.0. The van der Waals surface area contributed by atoms with Crippen molar-refractivity contribution < 1.29 is 30.0 Å². The van der Waals surface area contributed by atoms with Gasteiger partial charge in [-0.1, -0.05) is 48.5 Å². The van der Waals surface area contributed by atoms with Gasteiger partial charge in [0.1, 0.15) is 22.7 Å². The fourth-order valence-corrected chi connectivity index (χ4v) is 9.64. The lowest BCUT2D eigenvalue weighted by molar-refractivity contribution is -0.136. The van der Waals surface area contributed by atoms with E-state index in [1.165, 1.54) is 22.7 Å². The molecule has 2 aliphatic rings. The number of aryl methyl sites for hydroxylation is 2. The first kappa shape index (κ1) is 31.3.